The Morgan fingerprint density at radius 2 is 1.80 bits per heavy atom. The molecule has 0 radical (unpaired) electrons. The van der Waals surface area contributed by atoms with Crippen LogP contribution in [0, 0.1) is 0 Å². The molecule has 1 saturated heterocycles. The summed E-state index contributed by atoms with van der Waals surface area (Å²) in [5.41, 5.74) is 4.14. The molecule has 0 bridgehead atoms. The van der Waals surface area contributed by atoms with Crippen LogP contribution in [0.3, 0.4) is 0 Å². The van der Waals surface area contributed by atoms with Crippen molar-refractivity contribution in [2.24, 2.45) is 0 Å². The summed E-state index contributed by atoms with van der Waals surface area (Å²) in [6, 6.07) is 11.9. The zero-order valence-electron chi connectivity index (χ0n) is 19.9. The van der Waals surface area contributed by atoms with Gasteiger partial charge in [0.05, 0.1) is 44.6 Å². The summed E-state index contributed by atoms with van der Waals surface area (Å²) in [4.78, 5) is 18.2. The first kappa shape index (κ1) is 22.9. The van der Waals surface area contributed by atoms with Gasteiger partial charge in [-0.15, -0.1) is 0 Å². The number of anilines is 3. The molecule has 1 aliphatic heterocycles. The fraction of sp³-hybridized carbons (Fsp3) is 0.320. The molecule has 35 heavy (non-hydrogen) atoms. The average molecular weight is 476 g/mol. The van der Waals surface area contributed by atoms with E-state index in [9.17, 15) is 0 Å². The number of pyridine rings is 1. The number of ether oxygens (including phenoxy) is 2. The second-order valence-corrected chi connectivity index (χ2v) is 8.24. The number of rotatable bonds is 8. The third kappa shape index (κ3) is 4.71. The van der Waals surface area contributed by atoms with Crippen LogP contribution in [-0.2, 0) is 0 Å². The number of fused-ring (bicyclic) bond motifs is 1. The summed E-state index contributed by atoms with van der Waals surface area (Å²) in [6.07, 6.45) is 5.37. The van der Waals surface area contributed by atoms with Crippen LogP contribution in [0.4, 0.5) is 17.3 Å². The maximum absolute atomic E-state index is 9.17. The smallest absolute Gasteiger partial charge is 0.228 e. The molecular weight excluding hydrogens is 446 g/mol. The maximum Gasteiger partial charge on any atom is 0.228 e. The lowest BCUT2D eigenvalue weighted by Gasteiger charge is -2.36. The Kier molecular flexibility index (Phi) is 6.64. The van der Waals surface area contributed by atoms with Crippen molar-refractivity contribution in [2.45, 2.75) is 0 Å². The monoisotopic (exact) mass is 475 g/mol. The highest BCUT2D eigenvalue weighted by molar-refractivity contribution is 5.71. The zero-order chi connectivity index (χ0) is 24.2. The van der Waals surface area contributed by atoms with Gasteiger partial charge in [-0.1, -0.05) is 6.07 Å². The van der Waals surface area contributed by atoms with Gasteiger partial charge in [0.1, 0.15) is 17.1 Å². The van der Waals surface area contributed by atoms with E-state index in [4.69, 9.17) is 19.6 Å². The molecule has 1 aromatic carbocycles. The Hall–Kier alpha value is -3.89. The third-order valence-corrected chi connectivity index (χ3v) is 6.22. The molecule has 2 N–H and O–H groups in total. The van der Waals surface area contributed by atoms with Gasteiger partial charge < -0.3 is 24.8 Å². The van der Waals surface area contributed by atoms with Crippen molar-refractivity contribution in [1.82, 2.24) is 24.3 Å². The van der Waals surface area contributed by atoms with Crippen molar-refractivity contribution in [2.75, 3.05) is 63.8 Å². The van der Waals surface area contributed by atoms with Crippen LogP contribution in [0.15, 0.2) is 55.0 Å². The van der Waals surface area contributed by atoms with E-state index in [1.807, 2.05) is 40.9 Å². The first-order chi connectivity index (χ1) is 17.2. The minimum atomic E-state index is 0.195. The predicted octanol–water partition coefficient (Wildman–Crippen LogP) is 2.67. The summed E-state index contributed by atoms with van der Waals surface area (Å²) in [5.74, 6) is 1.69. The van der Waals surface area contributed by atoms with Crippen LogP contribution in [0.2, 0.25) is 0 Å². The molecule has 182 valence electrons. The van der Waals surface area contributed by atoms with E-state index in [1.165, 1.54) is 0 Å². The van der Waals surface area contributed by atoms with Crippen molar-refractivity contribution in [3.63, 3.8) is 0 Å². The Balaban J connectivity index is 1.40. The molecule has 3 aromatic heterocycles. The van der Waals surface area contributed by atoms with Crippen molar-refractivity contribution in [3.8, 4) is 22.9 Å². The number of nitrogens with one attached hydrogen (secondary N) is 1. The van der Waals surface area contributed by atoms with Crippen LogP contribution in [-0.4, -0.2) is 82.9 Å². The van der Waals surface area contributed by atoms with Crippen molar-refractivity contribution < 1.29 is 14.6 Å². The van der Waals surface area contributed by atoms with Gasteiger partial charge in [0, 0.05) is 50.7 Å². The van der Waals surface area contributed by atoms with Crippen LogP contribution in [0.25, 0.3) is 17.0 Å². The quantitative estimate of drug-likeness (QED) is 0.398. The Morgan fingerprint density at radius 3 is 2.57 bits per heavy atom. The van der Waals surface area contributed by atoms with Crippen molar-refractivity contribution in [3.05, 3.63) is 55.0 Å². The summed E-state index contributed by atoms with van der Waals surface area (Å²) >= 11 is 0. The maximum atomic E-state index is 9.17. The Morgan fingerprint density at radius 1 is 0.971 bits per heavy atom. The molecule has 0 atom stereocenters. The summed E-state index contributed by atoms with van der Waals surface area (Å²) in [6.45, 7) is 4.57. The molecule has 0 unspecified atom stereocenters. The number of aliphatic hydroxyl groups is 1. The number of imidazole rings is 1. The second kappa shape index (κ2) is 10.2. The SMILES string of the molecule is COc1cc(N2CCN(CCO)CC2)ccc1Nc1ncc(OC)c(-c2cnc3ccccn23)n1. The summed E-state index contributed by atoms with van der Waals surface area (Å²) in [7, 11) is 3.26. The standard InChI is InChI=1S/C25H29N7O3/c1-34-21-15-18(31-11-9-30(10-12-31)13-14-33)6-7-19(21)28-25-27-17-22(35-2)24(29-25)20-16-26-23-5-3-4-8-32(20)23/h3-8,15-17,33H,9-14H2,1-2H3,(H,27,28,29). The van der Waals surface area contributed by atoms with Crippen molar-refractivity contribution >= 4 is 23.0 Å². The topological polar surface area (TPSA) is 100 Å². The van der Waals surface area contributed by atoms with Gasteiger partial charge >= 0.3 is 0 Å². The number of benzene rings is 1. The van der Waals surface area contributed by atoms with E-state index in [0.29, 0.717) is 23.1 Å². The fourth-order valence-corrected chi connectivity index (χ4v) is 4.34. The number of nitrogens with zero attached hydrogens (tertiary/aromatic N) is 6. The minimum Gasteiger partial charge on any atom is -0.494 e. The lowest BCUT2D eigenvalue weighted by molar-refractivity contribution is 0.189. The van der Waals surface area contributed by atoms with Crippen LogP contribution < -0.4 is 19.7 Å². The number of aromatic nitrogens is 4. The van der Waals surface area contributed by atoms with Gasteiger partial charge in [-0.25, -0.2) is 15.0 Å². The highest BCUT2D eigenvalue weighted by Gasteiger charge is 2.19. The van der Waals surface area contributed by atoms with Crippen molar-refractivity contribution in [1.29, 1.82) is 0 Å². The Labute approximate surface area is 203 Å². The molecule has 4 heterocycles. The Bertz CT molecular complexity index is 1300. The normalized spacial score (nSPS) is 14.3. The van der Waals surface area contributed by atoms with Crippen LogP contribution in [0.1, 0.15) is 0 Å². The lowest BCUT2D eigenvalue weighted by atomic mass is 10.2. The van der Waals surface area contributed by atoms with Gasteiger partial charge in [-0.3, -0.25) is 9.30 Å². The largest absolute Gasteiger partial charge is 0.494 e. The first-order valence-electron chi connectivity index (χ1n) is 11.6. The molecule has 0 saturated carbocycles. The average Bonchev–Trinajstić information content (AvgIpc) is 3.34. The van der Waals surface area contributed by atoms with Gasteiger partial charge in [0.25, 0.3) is 0 Å². The van der Waals surface area contributed by atoms with E-state index in [1.54, 1.807) is 26.6 Å². The van der Waals surface area contributed by atoms with Crippen LogP contribution in [0.5, 0.6) is 11.5 Å². The molecule has 0 aliphatic carbocycles. The molecule has 0 amide bonds. The van der Waals surface area contributed by atoms with E-state index in [0.717, 1.165) is 55.4 Å². The van der Waals surface area contributed by atoms with Crippen LogP contribution >= 0.6 is 0 Å². The second-order valence-electron chi connectivity index (χ2n) is 8.24. The predicted molar refractivity (Wildman–Crippen MR) is 135 cm³/mol. The molecule has 10 nitrogen and oxygen atoms in total. The molecule has 4 aromatic rings. The molecule has 1 aliphatic rings. The number of aliphatic hydroxyl groups excluding tert-OH is 1. The highest BCUT2D eigenvalue weighted by atomic mass is 16.5. The first-order valence-corrected chi connectivity index (χ1v) is 11.6. The molecule has 1 fully saturated rings. The minimum absolute atomic E-state index is 0.195. The van der Waals surface area contributed by atoms with Gasteiger partial charge in [-0.2, -0.15) is 0 Å². The molecular formula is C25H29N7O3. The summed E-state index contributed by atoms with van der Waals surface area (Å²) < 4.78 is 13.2. The number of hydrogen-bond acceptors (Lipinski definition) is 9. The van der Waals surface area contributed by atoms with E-state index >= 15 is 0 Å². The van der Waals surface area contributed by atoms with Gasteiger partial charge in [0.15, 0.2) is 5.75 Å². The number of β-amino-alcohol motifs (C(OH)–C–C–N with tert-alkyl or cyclic N) is 1. The number of hydrogen-bond donors (Lipinski definition) is 2. The van der Waals surface area contributed by atoms with E-state index in [2.05, 4.69) is 31.2 Å². The fourth-order valence-electron chi connectivity index (χ4n) is 4.34. The molecule has 0 spiro atoms. The van der Waals surface area contributed by atoms with Gasteiger partial charge in [0.2, 0.25) is 5.95 Å². The summed E-state index contributed by atoms with van der Waals surface area (Å²) in [5, 5.41) is 12.5. The van der Waals surface area contributed by atoms with E-state index < -0.39 is 0 Å². The molecule has 10 heteroatoms. The molecule has 5 rings (SSSR count). The highest BCUT2D eigenvalue weighted by Crippen LogP contribution is 2.34. The third-order valence-electron chi connectivity index (χ3n) is 6.22. The number of piperazine rings is 1. The number of methoxy groups -OCH3 is 2. The zero-order valence-corrected chi connectivity index (χ0v) is 19.9. The lowest BCUT2D eigenvalue weighted by Crippen LogP contribution is -2.47. The van der Waals surface area contributed by atoms with E-state index in [-0.39, 0.29) is 6.61 Å². The van der Waals surface area contributed by atoms with Gasteiger partial charge in [-0.05, 0) is 24.3 Å².